The summed E-state index contributed by atoms with van der Waals surface area (Å²) in [6.45, 7) is 1.23. The zero-order chi connectivity index (χ0) is 14.5. The largest absolute Gasteiger partial charge is 0.481 e. The lowest BCUT2D eigenvalue weighted by Crippen LogP contribution is -2.30. The van der Waals surface area contributed by atoms with Crippen molar-refractivity contribution >= 4 is 35.2 Å². The molecular weight excluding hydrogens is 298 g/mol. The van der Waals surface area contributed by atoms with Gasteiger partial charge in [-0.05, 0) is 36.6 Å². The average molecular weight is 314 g/mol. The summed E-state index contributed by atoms with van der Waals surface area (Å²) >= 11 is 7.28. The predicted octanol–water partition coefficient (Wildman–Crippen LogP) is 2.76. The van der Waals surface area contributed by atoms with Crippen molar-refractivity contribution in [2.75, 3.05) is 18.8 Å². The quantitative estimate of drug-likeness (QED) is 0.849. The Hall–Kier alpha value is -1.20. The van der Waals surface area contributed by atoms with Crippen LogP contribution in [0.3, 0.4) is 0 Å². The van der Waals surface area contributed by atoms with Crippen LogP contribution in [0.15, 0.2) is 29.2 Å². The Morgan fingerprint density at radius 3 is 2.70 bits per heavy atom. The highest BCUT2D eigenvalue weighted by atomic mass is 35.5. The molecule has 1 unspecified atom stereocenters. The number of likely N-dealkylation sites (tertiary alicyclic amines) is 1. The van der Waals surface area contributed by atoms with Gasteiger partial charge in [0.15, 0.2) is 0 Å². The van der Waals surface area contributed by atoms with E-state index in [1.807, 2.05) is 12.1 Å². The molecule has 0 aliphatic carbocycles. The highest BCUT2D eigenvalue weighted by molar-refractivity contribution is 8.00. The molecular formula is C14H16ClNO3S. The zero-order valence-corrected chi connectivity index (χ0v) is 12.5. The Kier molecular flexibility index (Phi) is 5.31. The monoisotopic (exact) mass is 313 g/mol. The maximum atomic E-state index is 12.0. The van der Waals surface area contributed by atoms with Crippen LogP contribution in [-0.4, -0.2) is 40.7 Å². The summed E-state index contributed by atoms with van der Waals surface area (Å²) in [4.78, 5) is 25.5. The Balaban J connectivity index is 1.78. The number of amides is 1. The molecule has 1 saturated heterocycles. The van der Waals surface area contributed by atoms with Crippen LogP contribution in [0.5, 0.6) is 0 Å². The number of aliphatic carboxylic acids is 1. The molecule has 1 aromatic carbocycles. The molecule has 1 fully saturated rings. The third-order valence-electron chi connectivity index (χ3n) is 3.28. The van der Waals surface area contributed by atoms with Gasteiger partial charge in [0.2, 0.25) is 5.91 Å². The Labute approximate surface area is 127 Å². The first-order chi connectivity index (χ1) is 9.54. The molecule has 1 aliphatic rings. The lowest BCUT2D eigenvalue weighted by Gasteiger charge is -2.15. The van der Waals surface area contributed by atoms with Crippen molar-refractivity contribution in [3.8, 4) is 0 Å². The summed E-state index contributed by atoms with van der Waals surface area (Å²) in [5.41, 5.74) is 0. The van der Waals surface area contributed by atoms with E-state index >= 15 is 0 Å². The molecule has 0 spiro atoms. The molecule has 0 aromatic heterocycles. The van der Waals surface area contributed by atoms with E-state index in [0.717, 1.165) is 11.3 Å². The van der Waals surface area contributed by atoms with Crippen LogP contribution in [0.25, 0.3) is 0 Å². The molecule has 20 heavy (non-hydrogen) atoms. The van der Waals surface area contributed by atoms with Crippen LogP contribution >= 0.6 is 23.4 Å². The van der Waals surface area contributed by atoms with E-state index in [2.05, 4.69) is 0 Å². The highest BCUT2D eigenvalue weighted by Crippen LogP contribution is 2.23. The van der Waals surface area contributed by atoms with Crippen molar-refractivity contribution in [2.45, 2.75) is 17.7 Å². The molecule has 1 atom stereocenters. The van der Waals surface area contributed by atoms with E-state index in [1.165, 1.54) is 11.8 Å². The van der Waals surface area contributed by atoms with Gasteiger partial charge >= 0.3 is 5.97 Å². The van der Waals surface area contributed by atoms with Crippen LogP contribution in [-0.2, 0) is 9.59 Å². The van der Waals surface area contributed by atoms with Gasteiger partial charge in [0.1, 0.15) is 0 Å². The predicted molar refractivity (Wildman–Crippen MR) is 79.1 cm³/mol. The summed E-state index contributed by atoms with van der Waals surface area (Å²) < 4.78 is 0. The molecule has 108 valence electrons. The minimum atomic E-state index is -0.792. The Morgan fingerprint density at radius 2 is 2.05 bits per heavy atom. The van der Waals surface area contributed by atoms with E-state index in [1.54, 1.807) is 17.0 Å². The number of hydrogen-bond acceptors (Lipinski definition) is 3. The maximum absolute atomic E-state index is 12.0. The van der Waals surface area contributed by atoms with Crippen LogP contribution in [0.2, 0.25) is 5.02 Å². The fourth-order valence-corrected chi connectivity index (χ4v) is 3.17. The minimum Gasteiger partial charge on any atom is -0.481 e. The van der Waals surface area contributed by atoms with Gasteiger partial charge in [0.25, 0.3) is 0 Å². The molecule has 1 aromatic rings. The summed E-state index contributed by atoms with van der Waals surface area (Å²) in [5.74, 6) is -0.254. The molecule has 1 heterocycles. The van der Waals surface area contributed by atoms with Crippen LogP contribution in [0.4, 0.5) is 0 Å². The molecule has 0 saturated carbocycles. The molecule has 2 rings (SSSR count). The van der Waals surface area contributed by atoms with E-state index in [0.29, 0.717) is 23.9 Å². The number of benzene rings is 1. The van der Waals surface area contributed by atoms with Crippen LogP contribution in [0.1, 0.15) is 12.8 Å². The Bertz CT molecular complexity index is 492. The lowest BCUT2D eigenvalue weighted by molar-refractivity contribution is -0.138. The van der Waals surface area contributed by atoms with Gasteiger partial charge in [0, 0.05) is 29.4 Å². The zero-order valence-electron chi connectivity index (χ0n) is 10.9. The molecule has 0 bridgehead atoms. The van der Waals surface area contributed by atoms with E-state index in [4.69, 9.17) is 16.7 Å². The number of halogens is 1. The maximum Gasteiger partial charge on any atom is 0.303 e. The molecule has 4 nitrogen and oxygen atoms in total. The molecule has 0 radical (unpaired) electrons. The fourth-order valence-electron chi connectivity index (χ4n) is 2.24. The second-order valence-corrected chi connectivity index (χ2v) is 6.32. The molecule has 6 heteroatoms. The SMILES string of the molecule is O=C(O)CC1CCN(C(=O)CSc2ccc(Cl)cc2)C1. The normalized spacial score (nSPS) is 18.2. The second-order valence-electron chi connectivity index (χ2n) is 4.83. The average Bonchev–Trinajstić information content (AvgIpc) is 2.85. The minimum absolute atomic E-state index is 0.0674. The standard InChI is InChI=1S/C14H16ClNO3S/c15-11-1-3-12(4-2-11)20-9-13(17)16-6-5-10(8-16)7-14(18)19/h1-4,10H,5-9H2,(H,18,19). The van der Waals surface area contributed by atoms with Crippen molar-refractivity contribution < 1.29 is 14.7 Å². The summed E-state index contributed by atoms with van der Waals surface area (Å²) in [6.07, 6.45) is 0.928. The van der Waals surface area contributed by atoms with Crippen molar-refractivity contribution in [2.24, 2.45) is 5.92 Å². The number of carbonyl (C=O) groups excluding carboxylic acids is 1. The van der Waals surface area contributed by atoms with Gasteiger partial charge in [-0.15, -0.1) is 11.8 Å². The van der Waals surface area contributed by atoms with Crippen molar-refractivity contribution in [1.82, 2.24) is 4.90 Å². The second kappa shape index (κ2) is 6.99. The van der Waals surface area contributed by atoms with Gasteiger partial charge in [-0.3, -0.25) is 9.59 Å². The highest BCUT2D eigenvalue weighted by Gasteiger charge is 2.27. The first-order valence-corrected chi connectivity index (χ1v) is 7.79. The third-order valence-corrected chi connectivity index (χ3v) is 4.53. The van der Waals surface area contributed by atoms with Crippen LogP contribution < -0.4 is 0 Å². The van der Waals surface area contributed by atoms with Crippen molar-refractivity contribution in [3.05, 3.63) is 29.3 Å². The van der Waals surface area contributed by atoms with Gasteiger partial charge in [0.05, 0.1) is 5.75 Å². The molecule has 1 aliphatic heterocycles. The number of nitrogens with zero attached hydrogens (tertiary/aromatic N) is 1. The fraction of sp³-hybridized carbons (Fsp3) is 0.429. The number of carboxylic acid groups (broad SMARTS) is 1. The summed E-state index contributed by atoms with van der Waals surface area (Å²) in [6, 6.07) is 7.37. The van der Waals surface area contributed by atoms with Gasteiger partial charge in [-0.1, -0.05) is 11.6 Å². The lowest BCUT2D eigenvalue weighted by atomic mass is 10.1. The summed E-state index contributed by atoms with van der Waals surface area (Å²) in [7, 11) is 0. The van der Waals surface area contributed by atoms with E-state index in [9.17, 15) is 9.59 Å². The van der Waals surface area contributed by atoms with Crippen molar-refractivity contribution in [1.29, 1.82) is 0 Å². The number of rotatable bonds is 5. The van der Waals surface area contributed by atoms with Gasteiger partial charge in [-0.2, -0.15) is 0 Å². The number of carboxylic acids is 1. The third kappa shape index (κ3) is 4.42. The topological polar surface area (TPSA) is 57.6 Å². The number of thioether (sulfide) groups is 1. The van der Waals surface area contributed by atoms with Gasteiger partial charge < -0.3 is 10.0 Å². The number of carbonyl (C=O) groups is 2. The molecule has 1 N–H and O–H groups in total. The van der Waals surface area contributed by atoms with E-state index in [-0.39, 0.29) is 18.2 Å². The van der Waals surface area contributed by atoms with Crippen molar-refractivity contribution in [3.63, 3.8) is 0 Å². The number of hydrogen-bond donors (Lipinski definition) is 1. The first kappa shape index (κ1) is 15.2. The molecule has 1 amide bonds. The first-order valence-electron chi connectivity index (χ1n) is 6.42. The Morgan fingerprint density at radius 1 is 1.35 bits per heavy atom. The summed E-state index contributed by atoms with van der Waals surface area (Å²) in [5, 5.41) is 9.43. The van der Waals surface area contributed by atoms with Crippen LogP contribution in [0, 0.1) is 5.92 Å². The smallest absolute Gasteiger partial charge is 0.303 e. The van der Waals surface area contributed by atoms with E-state index < -0.39 is 5.97 Å². The van der Waals surface area contributed by atoms with Gasteiger partial charge in [-0.25, -0.2) is 0 Å².